The smallest absolute Gasteiger partial charge is 0.227 e. The zero-order valence-corrected chi connectivity index (χ0v) is 15.1. The number of thiophene rings is 1. The van der Waals surface area contributed by atoms with Crippen LogP contribution in [0.1, 0.15) is 11.3 Å². The summed E-state index contributed by atoms with van der Waals surface area (Å²) in [7, 11) is 1.80. The molecule has 0 unspecified atom stereocenters. The molecule has 3 nitrogen and oxygen atoms in total. The van der Waals surface area contributed by atoms with Gasteiger partial charge < -0.3 is 9.32 Å². The summed E-state index contributed by atoms with van der Waals surface area (Å²) in [6.45, 7) is 0.472. The maximum Gasteiger partial charge on any atom is 0.227 e. The fourth-order valence-electron chi connectivity index (χ4n) is 2.26. The Kier molecular flexibility index (Phi) is 4.98. The molecule has 0 saturated carbocycles. The topological polar surface area (TPSA) is 33.5 Å². The fraction of sp³-hybridized carbons (Fsp3) is 0.167. The van der Waals surface area contributed by atoms with Crippen molar-refractivity contribution >= 4 is 33.2 Å². The molecule has 0 fully saturated rings. The Hall–Kier alpha value is -1.85. The third-order valence-electron chi connectivity index (χ3n) is 3.54. The largest absolute Gasteiger partial charge is 0.459 e. The molecular formula is C18H16BrNO2S. The predicted octanol–water partition coefficient (Wildman–Crippen LogP) is 4.97. The van der Waals surface area contributed by atoms with Crippen molar-refractivity contribution in [3.05, 3.63) is 69.0 Å². The molecule has 2 aromatic heterocycles. The summed E-state index contributed by atoms with van der Waals surface area (Å²) in [5.74, 6) is 1.68. The van der Waals surface area contributed by atoms with Crippen molar-refractivity contribution in [2.24, 2.45) is 0 Å². The second-order valence-corrected chi connectivity index (χ2v) is 7.03. The quantitative estimate of drug-likeness (QED) is 0.616. The van der Waals surface area contributed by atoms with Crippen LogP contribution in [0.3, 0.4) is 0 Å². The van der Waals surface area contributed by atoms with E-state index in [-0.39, 0.29) is 5.91 Å². The van der Waals surface area contributed by atoms with Crippen LogP contribution in [0.15, 0.2) is 62.1 Å². The molecule has 0 atom stereocenters. The zero-order valence-electron chi connectivity index (χ0n) is 12.7. The van der Waals surface area contributed by atoms with Crippen LogP contribution in [0.25, 0.3) is 11.3 Å². The van der Waals surface area contributed by atoms with Crippen molar-refractivity contribution < 1.29 is 9.21 Å². The molecule has 3 rings (SSSR count). The molecule has 2 heterocycles. The highest BCUT2D eigenvalue weighted by molar-refractivity contribution is 9.10. The Balaban J connectivity index is 1.64. The van der Waals surface area contributed by atoms with Crippen LogP contribution in [-0.2, 0) is 17.8 Å². The van der Waals surface area contributed by atoms with Gasteiger partial charge in [0.05, 0.1) is 13.0 Å². The Morgan fingerprint density at radius 3 is 2.65 bits per heavy atom. The van der Waals surface area contributed by atoms with Crippen LogP contribution in [-0.4, -0.2) is 17.9 Å². The maximum absolute atomic E-state index is 12.2. The first kappa shape index (κ1) is 16.0. The summed E-state index contributed by atoms with van der Waals surface area (Å²) in [4.78, 5) is 13.9. The number of furan rings is 1. The lowest BCUT2D eigenvalue weighted by atomic mass is 10.2. The van der Waals surface area contributed by atoms with Crippen LogP contribution >= 0.6 is 27.3 Å². The number of hydrogen-bond acceptors (Lipinski definition) is 3. The van der Waals surface area contributed by atoms with E-state index in [2.05, 4.69) is 15.9 Å². The van der Waals surface area contributed by atoms with E-state index in [9.17, 15) is 4.79 Å². The first-order chi connectivity index (χ1) is 11.1. The number of likely N-dealkylation sites (N-methyl/N-ethyl adjacent to an activating group) is 1. The maximum atomic E-state index is 12.2. The van der Waals surface area contributed by atoms with Crippen LogP contribution in [0.4, 0.5) is 0 Å². The zero-order chi connectivity index (χ0) is 16.2. The molecule has 5 heteroatoms. The van der Waals surface area contributed by atoms with Crippen molar-refractivity contribution in [1.82, 2.24) is 4.90 Å². The van der Waals surface area contributed by atoms with E-state index >= 15 is 0 Å². The van der Waals surface area contributed by atoms with E-state index in [1.54, 1.807) is 23.3 Å². The van der Waals surface area contributed by atoms with Gasteiger partial charge in [0, 0.05) is 17.1 Å². The Bertz CT molecular complexity index is 778. The number of hydrogen-bond donors (Lipinski definition) is 0. The van der Waals surface area contributed by atoms with Crippen LogP contribution in [0, 0.1) is 0 Å². The SMILES string of the molecule is CN(Cc1ccc(-c2ccc(Br)cc2)o1)C(=O)Cc1ccsc1. The summed E-state index contributed by atoms with van der Waals surface area (Å²) >= 11 is 5.03. The van der Waals surface area contributed by atoms with Crippen molar-refractivity contribution in [2.45, 2.75) is 13.0 Å². The third-order valence-corrected chi connectivity index (χ3v) is 4.81. The number of amides is 1. The molecule has 0 spiro atoms. The lowest BCUT2D eigenvalue weighted by Crippen LogP contribution is -2.27. The number of benzene rings is 1. The number of halogens is 1. The van der Waals surface area contributed by atoms with Crippen LogP contribution in [0.2, 0.25) is 0 Å². The van der Waals surface area contributed by atoms with Gasteiger partial charge in [0.1, 0.15) is 11.5 Å². The summed E-state index contributed by atoms with van der Waals surface area (Å²) < 4.78 is 6.89. The van der Waals surface area contributed by atoms with Crippen LogP contribution < -0.4 is 0 Å². The normalized spacial score (nSPS) is 10.7. The second-order valence-electron chi connectivity index (χ2n) is 5.33. The molecular weight excluding hydrogens is 374 g/mol. The van der Waals surface area contributed by atoms with Gasteiger partial charge in [-0.05, 0) is 46.7 Å². The van der Waals surface area contributed by atoms with E-state index in [1.807, 2.05) is 53.2 Å². The standard InChI is InChI=1S/C18H16BrNO2S/c1-20(18(21)10-13-8-9-23-12-13)11-16-6-7-17(22-16)14-2-4-15(19)5-3-14/h2-9,12H,10-11H2,1H3. The van der Waals surface area contributed by atoms with E-state index in [0.717, 1.165) is 27.1 Å². The molecule has 0 N–H and O–H groups in total. The van der Waals surface area contributed by atoms with Crippen molar-refractivity contribution in [1.29, 1.82) is 0 Å². The number of carbonyl (C=O) groups excluding carboxylic acids is 1. The van der Waals surface area contributed by atoms with Gasteiger partial charge in [-0.25, -0.2) is 0 Å². The Morgan fingerprint density at radius 2 is 1.96 bits per heavy atom. The monoisotopic (exact) mass is 389 g/mol. The fourth-order valence-corrected chi connectivity index (χ4v) is 3.19. The lowest BCUT2D eigenvalue weighted by molar-refractivity contribution is -0.129. The van der Waals surface area contributed by atoms with E-state index in [4.69, 9.17) is 4.42 Å². The van der Waals surface area contributed by atoms with E-state index in [0.29, 0.717) is 13.0 Å². The molecule has 0 radical (unpaired) electrons. The van der Waals surface area contributed by atoms with Gasteiger partial charge in [-0.3, -0.25) is 4.79 Å². The first-order valence-corrected chi connectivity index (χ1v) is 8.95. The summed E-state index contributed by atoms with van der Waals surface area (Å²) in [6, 6.07) is 13.8. The van der Waals surface area contributed by atoms with Gasteiger partial charge in [0.15, 0.2) is 0 Å². The highest BCUT2D eigenvalue weighted by Crippen LogP contribution is 2.24. The van der Waals surface area contributed by atoms with Gasteiger partial charge in [-0.2, -0.15) is 11.3 Å². The summed E-state index contributed by atoms with van der Waals surface area (Å²) in [5, 5.41) is 3.99. The molecule has 1 aromatic carbocycles. The van der Waals surface area contributed by atoms with E-state index in [1.165, 1.54) is 0 Å². The van der Waals surface area contributed by atoms with Gasteiger partial charge in [-0.15, -0.1) is 0 Å². The van der Waals surface area contributed by atoms with Gasteiger partial charge in [0.2, 0.25) is 5.91 Å². The summed E-state index contributed by atoms with van der Waals surface area (Å²) in [6.07, 6.45) is 0.431. The van der Waals surface area contributed by atoms with Gasteiger partial charge >= 0.3 is 0 Å². The summed E-state index contributed by atoms with van der Waals surface area (Å²) in [5.41, 5.74) is 2.08. The Morgan fingerprint density at radius 1 is 1.17 bits per heavy atom. The molecule has 118 valence electrons. The number of carbonyl (C=O) groups is 1. The second kappa shape index (κ2) is 7.15. The first-order valence-electron chi connectivity index (χ1n) is 7.21. The molecule has 0 saturated heterocycles. The highest BCUT2D eigenvalue weighted by Gasteiger charge is 2.13. The average molecular weight is 390 g/mol. The lowest BCUT2D eigenvalue weighted by Gasteiger charge is -2.15. The van der Waals surface area contributed by atoms with E-state index < -0.39 is 0 Å². The minimum absolute atomic E-state index is 0.0880. The Labute approximate surface area is 147 Å². The van der Waals surface area contributed by atoms with Crippen LogP contribution in [0.5, 0.6) is 0 Å². The molecule has 0 aliphatic rings. The van der Waals surface area contributed by atoms with Crippen molar-refractivity contribution in [2.75, 3.05) is 7.05 Å². The molecule has 1 amide bonds. The molecule has 0 bridgehead atoms. The predicted molar refractivity (Wildman–Crippen MR) is 96.3 cm³/mol. The molecule has 3 aromatic rings. The third kappa shape index (κ3) is 4.12. The number of rotatable bonds is 5. The minimum Gasteiger partial charge on any atom is -0.459 e. The molecule has 23 heavy (non-hydrogen) atoms. The molecule has 0 aliphatic heterocycles. The van der Waals surface area contributed by atoms with Gasteiger partial charge in [-0.1, -0.05) is 28.1 Å². The van der Waals surface area contributed by atoms with Gasteiger partial charge in [0.25, 0.3) is 0 Å². The molecule has 0 aliphatic carbocycles. The van der Waals surface area contributed by atoms with Crippen molar-refractivity contribution in [3.63, 3.8) is 0 Å². The average Bonchev–Trinajstić information content (AvgIpc) is 3.20. The van der Waals surface area contributed by atoms with Crippen molar-refractivity contribution in [3.8, 4) is 11.3 Å². The highest BCUT2D eigenvalue weighted by atomic mass is 79.9. The minimum atomic E-state index is 0.0880. The number of nitrogens with zero attached hydrogens (tertiary/aromatic N) is 1.